The van der Waals surface area contributed by atoms with Gasteiger partial charge >= 0.3 is 0 Å². The third-order valence-electron chi connectivity index (χ3n) is 5.34. The van der Waals surface area contributed by atoms with E-state index in [4.69, 9.17) is 4.74 Å². The standard InChI is InChI=1S/C24H25N3O4S/c1-17-11-13-21(14-12-17)32(29,30)27-19-8-4-9-20(16-19)31-24-22(10-5-15-25-24)23(28)26-18-6-2-3-7-18/h4-5,8-16,18,27H,2-3,6-7H2,1H3,(H,26,28). The summed E-state index contributed by atoms with van der Waals surface area (Å²) in [5.41, 5.74) is 1.66. The lowest BCUT2D eigenvalue weighted by Gasteiger charge is -2.14. The maximum Gasteiger partial charge on any atom is 0.261 e. The van der Waals surface area contributed by atoms with E-state index < -0.39 is 10.0 Å². The predicted octanol–water partition coefficient (Wildman–Crippen LogP) is 4.66. The molecule has 0 atom stereocenters. The average Bonchev–Trinajstić information content (AvgIpc) is 3.27. The number of ether oxygens (including phenoxy) is 1. The summed E-state index contributed by atoms with van der Waals surface area (Å²) in [6.07, 6.45) is 5.74. The number of aromatic nitrogens is 1. The second-order valence-electron chi connectivity index (χ2n) is 7.86. The normalized spacial score (nSPS) is 14.2. The second kappa shape index (κ2) is 9.40. The third-order valence-corrected chi connectivity index (χ3v) is 6.74. The van der Waals surface area contributed by atoms with Crippen molar-refractivity contribution in [3.63, 3.8) is 0 Å². The smallest absolute Gasteiger partial charge is 0.261 e. The van der Waals surface area contributed by atoms with Crippen molar-refractivity contribution >= 4 is 21.6 Å². The molecule has 7 nitrogen and oxygen atoms in total. The van der Waals surface area contributed by atoms with Gasteiger partial charge in [0.05, 0.1) is 10.6 Å². The van der Waals surface area contributed by atoms with Gasteiger partial charge in [-0.15, -0.1) is 0 Å². The summed E-state index contributed by atoms with van der Waals surface area (Å²) in [6, 6.07) is 16.7. The molecule has 1 aliphatic carbocycles. The first-order valence-electron chi connectivity index (χ1n) is 10.5. The number of rotatable bonds is 7. The fourth-order valence-corrected chi connectivity index (χ4v) is 4.69. The van der Waals surface area contributed by atoms with Crippen molar-refractivity contribution in [1.29, 1.82) is 0 Å². The summed E-state index contributed by atoms with van der Waals surface area (Å²) >= 11 is 0. The van der Waals surface area contributed by atoms with E-state index in [2.05, 4.69) is 15.0 Å². The van der Waals surface area contributed by atoms with Gasteiger partial charge in [-0.25, -0.2) is 13.4 Å². The lowest BCUT2D eigenvalue weighted by Crippen LogP contribution is -2.32. The number of benzene rings is 2. The highest BCUT2D eigenvalue weighted by Gasteiger charge is 2.21. The van der Waals surface area contributed by atoms with Crippen LogP contribution in [0.15, 0.2) is 71.8 Å². The van der Waals surface area contributed by atoms with E-state index in [-0.39, 0.29) is 22.7 Å². The Balaban J connectivity index is 1.51. The molecule has 2 N–H and O–H groups in total. The number of carbonyl (C=O) groups excluding carboxylic acids is 1. The van der Waals surface area contributed by atoms with Gasteiger partial charge in [0.2, 0.25) is 5.88 Å². The molecule has 1 aromatic heterocycles. The van der Waals surface area contributed by atoms with Crippen molar-refractivity contribution in [2.45, 2.75) is 43.5 Å². The van der Waals surface area contributed by atoms with Crippen molar-refractivity contribution in [1.82, 2.24) is 10.3 Å². The SMILES string of the molecule is Cc1ccc(S(=O)(=O)Nc2cccc(Oc3ncccc3C(=O)NC3CCCC3)c2)cc1. The van der Waals surface area contributed by atoms with Crippen LogP contribution in [-0.4, -0.2) is 25.4 Å². The zero-order valence-corrected chi connectivity index (χ0v) is 18.6. The van der Waals surface area contributed by atoms with E-state index in [1.54, 1.807) is 66.9 Å². The number of anilines is 1. The molecule has 1 heterocycles. The number of sulfonamides is 1. The van der Waals surface area contributed by atoms with Crippen LogP contribution in [-0.2, 0) is 10.0 Å². The maximum absolute atomic E-state index is 12.7. The Bertz CT molecular complexity index is 1200. The van der Waals surface area contributed by atoms with E-state index in [9.17, 15) is 13.2 Å². The van der Waals surface area contributed by atoms with E-state index in [1.807, 2.05) is 6.92 Å². The average molecular weight is 452 g/mol. The van der Waals surface area contributed by atoms with Crippen LogP contribution in [0.5, 0.6) is 11.6 Å². The van der Waals surface area contributed by atoms with Gasteiger partial charge in [-0.05, 0) is 56.2 Å². The summed E-state index contributed by atoms with van der Waals surface area (Å²) < 4.78 is 33.8. The molecule has 1 fully saturated rings. The van der Waals surface area contributed by atoms with Crippen LogP contribution in [0.4, 0.5) is 5.69 Å². The van der Waals surface area contributed by atoms with E-state index >= 15 is 0 Å². The number of nitrogens with zero attached hydrogens (tertiary/aromatic N) is 1. The van der Waals surface area contributed by atoms with Crippen molar-refractivity contribution in [3.8, 4) is 11.6 Å². The highest BCUT2D eigenvalue weighted by molar-refractivity contribution is 7.92. The topological polar surface area (TPSA) is 97.4 Å². The van der Waals surface area contributed by atoms with Crippen LogP contribution in [0.3, 0.4) is 0 Å². The van der Waals surface area contributed by atoms with Gasteiger partial charge in [-0.3, -0.25) is 9.52 Å². The van der Waals surface area contributed by atoms with Crippen molar-refractivity contribution in [3.05, 3.63) is 78.0 Å². The lowest BCUT2D eigenvalue weighted by atomic mass is 10.2. The number of pyridine rings is 1. The van der Waals surface area contributed by atoms with Gasteiger partial charge in [0, 0.05) is 18.3 Å². The first-order chi connectivity index (χ1) is 15.4. The predicted molar refractivity (Wildman–Crippen MR) is 122 cm³/mol. The summed E-state index contributed by atoms with van der Waals surface area (Å²) in [6.45, 7) is 1.89. The monoisotopic (exact) mass is 451 g/mol. The van der Waals surface area contributed by atoms with Gasteiger partial charge in [0.15, 0.2) is 0 Å². The molecule has 1 amide bonds. The maximum atomic E-state index is 12.7. The molecule has 1 saturated carbocycles. The van der Waals surface area contributed by atoms with Gasteiger partial charge in [0.25, 0.3) is 15.9 Å². The second-order valence-corrected chi connectivity index (χ2v) is 9.54. The van der Waals surface area contributed by atoms with Gasteiger partial charge in [-0.1, -0.05) is 36.6 Å². The summed E-state index contributed by atoms with van der Waals surface area (Å²) in [5, 5.41) is 3.04. The van der Waals surface area contributed by atoms with Crippen molar-refractivity contribution in [2.24, 2.45) is 0 Å². The molecule has 1 aliphatic rings. The Labute approximate surface area is 187 Å². The van der Waals surface area contributed by atoms with Gasteiger partial charge in [-0.2, -0.15) is 0 Å². The van der Waals surface area contributed by atoms with Crippen LogP contribution < -0.4 is 14.8 Å². The molecule has 0 spiro atoms. The highest BCUT2D eigenvalue weighted by atomic mass is 32.2. The first-order valence-corrected chi connectivity index (χ1v) is 12.0. The molecular weight excluding hydrogens is 426 g/mol. The fourth-order valence-electron chi connectivity index (χ4n) is 3.64. The van der Waals surface area contributed by atoms with Crippen LogP contribution in [0, 0.1) is 6.92 Å². The molecule has 3 aromatic rings. The molecule has 0 radical (unpaired) electrons. The molecule has 0 saturated heterocycles. The largest absolute Gasteiger partial charge is 0.438 e. The molecule has 0 bridgehead atoms. The number of aryl methyl sites for hydroxylation is 1. The third kappa shape index (κ3) is 5.26. The van der Waals surface area contributed by atoms with E-state index in [0.717, 1.165) is 31.2 Å². The zero-order valence-electron chi connectivity index (χ0n) is 17.7. The first kappa shape index (κ1) is 21.8. The molecule has 2 aromatic carbocycles. The number of nitrogens with one attached hydrogen (secondary N) is 2. The molecular formula is C24H25N3O4S. The number of hydrogen-bond donors (Lipinski definition) is 2. The highest BCUT2D eigenvalue weighted by Crippen LogP contribution is 2.27. The molecule has 0 unspecified atom stereocenters. The van der Waals surface area contributed by atoms with Crippen LogP contribution >= 0.6 is 0 Å². The number of hydrogen-bond acceptors (Lipinski definition) is 5. The molecule has 0 aliphatic heterocycles. The molecule has 4 rings (SSSR count). The number of carbonyl (C=O) groups is 1. The minimum atomic E-state index is -3.74. The Morgan fingerprint density at radius 1 is 1.03 bits per heavy atom. The fraction of sp³-hybridized carbons (Fsp3) is 0.250. The van der Waals surface area contributed by atoms with Gasteiger partial charge in [0.1, 0.15) is 11.3 Å². The Morgan fingerprint density at radius 3 is 2.53 bits per heavy atom. The number of amides is 1. The minimum absolute atomic E-state index is 0.168. The Kier molecular flexibility index (Phi) is 6.41. The molecule has 166 valence electrons. The quantitative estimate of drug-likeness (QED) is 0.545. The summed E-state index contributed by atoms with van der Waals surface area (Å²) in [7, 11) is -3.74. The van der Waals surface area contributed by atoms with Crippen molar-refractivity contribution < 1.29 is 17.9 Å². The minimum Gasteiger partial charge on any atom is -0.438 e. The summed E-state index contributed by atoms with van der Waals surface area (Å²) in [5.74, 6) is 0.306. The van der Waals surface area contributed by atoms with Crippen molar-refractivity contribution in [2.75, 3.05) is 4.72 Å². The van der Waals surface area contributed by atoms with E-state index in [0.29, 0.717) is 17.0 Å². The van der Waals surface area contributed by atoms with Crippen LogP contribution in [0.1, 0.15) is 41.6 Å². The van der Waals surface area contributed by atoms with E-state index in [1.165, 1.54) is 0 Å². The lowest BCUT2D eigenvalue weighted by molar-refractivity contribution is 0.0935. The van der Waals surface area contributed by atoms with Gasteiger partial charge < -0.3 is 10.1 Å². The Morgan fingerprint density at radius 2 is 1.78 bits per heavy atom. The van der Waals surface area contributed by atoms with Crippen LogP contribution in [0.25, 0.3) is 0 Å². The zero-order chi connectivity index (χ0) is 22.6. The molecule has 32 heavy (non-hydrogen) atoms. The summed E-state index contributed by atoms with van der Waals surface area (Å²) in [4.78, 5) is 17.1. The Hall–Kier alpha value is -3.39. The van der Waals surface area contributed by atoms with Crippen LogP contribution in [0.2, 0.25) is 0 Å². The molecule has 8 heteroatoms.